The van der Waals surface area contributed by atoms with Crippen molar-refractivity contribution in [3.8, 4) is 6.07 Å². The number of halogens is 2. The van der Waals surface area contributed by atoms with Gasteiger partial charge in [-0.1, -0.05) is 0 Å². The third-order valence-corrected chi connectivity index (χ3v) is 2.99. The second-order valence-electron chi connectivity index (χ2n) is 4.23. The Morgan fingerprint density at radius 2 is 2.15 bits per heavy atom. The molecule has 0 amide bonds. The van der Waals surface area contributed by atoms with Crippen molar-refractivity contribution in [3.05, 3.63) is 29.3 Å². The van der Waals surface area contributed by atoms with Crippen molar-refractivity contribution < 1.29 is 23.0 Å². The highest BCUT2D eigenvalue weighted by Gasteiger charge is 2.30. The number of nitriles is 1. The number of nitrogens with zero attached hydrogens (tertiary/aromatic N) is 2. The van der Waals surface area contributed by atoms with Crippen LogP contribution >= 0.6 is 0 Å². The molecular weight excluding hydrogens is 270 g/mol. The number of benzene rings is 1. The number of carbonyl (C=O) groups is 1. The van der Waals surface area contributed by atoms with Crippen molar-refractivity contribution in [2.75, 3.05) is 31.7 Å². The predicted molar refractivity (Wildman–Crippen MR) is 65.0 cm³/mol. The Balaban J connectivity index is 2.28. The first-order valence-corrected chi connectivity index (χ1v) is 5.90. The minimum absolute atomic E-state index is 0.00753. The molecule has 106 valence electrons. The molecule has 7 heteroatoms. The van der Waals surface area contributed by atoms with Crippen LogP contribution in [0.15, 0.2) is 12.1 Å². The van der Waals surface area contributed by atoms with E-state index in [0.717, 1.165) is 12.1 Å². The Hall–Kier alpha value is -2.20. The van der Waals surface area contributed by atoms with E-state index in [4.69, 9.17) is 10.00 Å². The standard InChI is InChI=1S/C13H12F2N2O3/c1-19-13(18)11-7-17(2-3-20-11)12-9(14)4-8(6-16)5-10(12)15/h4-5,11H,2-3,7H2,1H3. The van der Waals surface area contributed by atoms with Gasteiger partial charge in [0.1, 0.15) is 5.69 Å². The normalized spacial score (nSPS) is 18.5. The lowest BCUT2D eigenvalue weighted by Gasteiger charge is -2.33. The molecule has 0 saturated carbocycles. The van der Waals surface area contributed by atoms with E-state index in [1.165, 1.54) is 12.0 Å². The highest BCUT2D eigenvalue weighted by Crippen LogP contribution is 2.26. The van der Waals surface area contributed by atoms with E-state index in [1.54, 1.807) is 6.07 Å². The lowest BCUT2D eigenvalue weighted by atomic mass is 10.1. The summed E-state index contributed by atoms with van der Waals surface area (Å²) in [5, 5.41) is 8.66. The SMILES string of the molecule is COC(=O)C1CN(c2c(F)cc(C#N)cc2F)CCO1. The molecule has 0 aliphatic carbocycles. The molecular formula is C13H12F2N2O3. The van der Waals surface area contributed by atoms with Crippen molar-refractivity contribution in [3.63, 3.8) is 0 Å². The van der Waals surface area contributed by atoms with Crippen LogP contribution in [0.2, 0.25) is 0 Å². The van der Waals surface area contributed by atoms with E-state index in [0.29, 0.717) is 0 Å². The van der Waals surface area contributed by atoms with Gasteiger partial charge in [-0.2, -0.15) is 5.26 Å². The largest absolute Gasteiger partial charge is 0.467 e. The molecule has 1 heterocycles. The van der Waals surface area contributed by atoms with Crippen LogP contribution in [0.3, 0.4) is 0 Å². The topological polar surface area (TPSA) is 62.6 Å². The highest BCUT2D eigenvalue weighted by molar-refractivity contribution is 5.75. The number of esters is 1. The van der Waals surface area contributed by atoms with E-state index in [2.05, 4.69) is 4.74 Å². The molecule has 1 fully saturated rings. The Morgan fingerprint density at radius 3 is 2.70 bits per heavy atom. The Kier molecular flexibility index (Phi) is 4.15. The van der Waals surface area contributed by atoms with Gasteiger partial charge in [-0.15, -0.1) is 0 Å². The monoisotopic (exact) mass is 282 g/mol. The van der Waals surface area contributed by atoms with Crippen LogP contribution in [-0.4, -0.2) is 38.9 Å². The second kappa shape index (κ2) is 5.84. The van der Waals surface area contributed by atoms with Crippen molar-refractivity contribution in [2.45, 2.75) is 6.10 Å². The smallest absolute Gasteiger partial charge is 0.336 e. The van der Waals surface area contributed by atoms with Gasteiger partial charge >= 0.3 is 5.97 Å². The summed E-state index contributed by atoms with van der Waals surface area (Å²) in [5.74, 6) is -2.27. The van der Waals surface area contributed by atoms with Gasteiger partial charge in [0, 0.05) is 6.54 Å². The van der Waals surface area contributed by atoms with E-state index in [1.807, 2.05) is 0 Å². The van der Waals surface area contributed by atoms with Crippen LogP contribution in [0.1, 0.15) is 5.56 Å². The zero-order valence-electron chi connectivity index (χ0n) is 10.7. The van der Waals surface area contributed by atoms with Crippen LogP contribution in [0.4, 0.5) is 14.5 Å². The number of morpholine rings is 1. The van der Waals surface area contributed by atoms with Gasteiger partial charge in [0.2, 0.25) is 0 Å². The minimum atomic E-state index is -0.886. The first kappa shape index (κ1) is 14.2. The lowest BCUT2D eigenvalue weighted by Crippen LogP contribution is -2.47. The summed E-state index contributed by atoms with van der Waals surface area (Å²) in [6.45, 7) is 0.387. The first-order valence-electron chi connectivity index (χ1n) is 5.90. The number of methoxy groups -OCH3 is 1. The third-order valence-electron chi connectivity index (χ3n) is 2.99. The molecule has 0 N–H and O–H groups in total. The van der Waals surface area contributed by atoms with E-state index in [-0.39, 0.29) is 30.9 Å². The molecule has 1 saturated heterocycles. The van der Waals surface area contributed by atoms with Crippen LogP contribution in [0.25, 0.3) is 0 Å². The van der Waals surface area contributed by atoms with Crippen molar-refractivity contribution >= 4 is 11.7 Å². The van der Waals surface area contributed by atoms with Gasteiger partial charge in [-0.3, -0.25) is 0 Å². The molecule has 0 spiro atoms. The number of anilines is 1. The van der Waals surface area contributed by atoms with Gasteiger partial charge in [0.25, 0.3) is 0 Å². The lowest BCUT2D eigenvalue weighted by molar-refractivity contribution is -0.154. The maximum Gasteiger partial charge on any atom is 0.336 e. The summed E-state index contributed by atoms with van der Waals surface area (Å²) in [6, 6.07) is 3.60. The number of hydrogen-bond donors (Lipinski definition) is 0. The molecule has 5 nitrogen and oxygen atoms in total. The van der Waals surface area contributed by atoms with Gasteiger partial charge < -0.3 is 14.4 Å². The van der Waals surface area contributed by atoms with Crippen LogP contribution < -0.4 is 4.90 Å². The fourth-order valence-corrected chi connectivity index (χ4v) is 2.06. The third kappa shape index (κ3) is 2.70. The first-order chi connectivity index (χ1) is 9.56. The average Bonchev–Trinajstić information content (AvgIpc) is 2.45. The van der Waals surface area contributed by atoms with E-state index < -0.39 is 23.7 Å². The van der Waals surface area contributed by atoms with Crippen LogP contribution in [-0.2, 0) is 14.3 Å². The van der Waals surface area contributed by atoms with Crippen molar-refractivity contribution in [1.29, 1.82) is 5.26 Å². The van der Waals surface area contributed by atoms with Gasteiger partial charge in [0.05, 0.1) is 31.9 Å². The fraction of sp³-hybridized carbons (Fsp3) is 0.385. The molecule has 2 rings (SSSR count). The van der Waals surface area contributed by atoms with Crippen molar-refractivity contribution in [1.82, 2.24) is 0 Å². The zero-order chi connectivity index (χ0) is 14.7. The Labute approximate surface area is 114 Å². The molecule has 0 radical (unpaired) electrons. The van der Waals surface area contributed by atoms with Crippen LogP contribution in [0.5, 0.6) is 0 Å². The molecule has 1 unspecified atom stereocenters. The summed E-state index contributed by atoms with van der Waals surface area (Å²) >= 11 is 0. The maximum absolute atomic E-state index is 13.9. The molecule has 1 aromatic carbocycles. The zero-order valence-corrected chi connectivity index (χ0v) is 10.7. The molecule has 20 heavy (non-hydrogen) atoms. The fourth-order valence-electron chi connectivity index (χ4n) is 2.06. The predicted octanol–water partition coefficient (Wildman–Crippen LogP) is 1.21. The molecule has 1 atom stereocenters. The van der Waals surface area contributed by atoms with Gasteiger partial charge in [-0.25, -0.2) is 13.6 Å². The highest BCUT2D eigenvalue weighted by atomic mass is 19.1. The maximum atomic E-state index is 13.9. The number of rotatable bonds is 2. The molecule has 0 aromatic heterocycles. The summed E-state index contributed by atoms with van der Waals surface area (Å²) in [6.07, 6.45) is -0.886. The molecule has 1 aliphatic rings. The second-order valence-corrected chi connectivity index (χ2v) is 4.23. The molecule has 1 aromatic rings. The van der Waals surface area contributed by atoms with Crippen LogP contribution in [0, 0.1) is 23.0 Å². The Bertz CT molecular complexity index is 548. The average molecular weight is 282 g/mol. The number of carbonyl (C=O) groups excluding carboxylic acids is 1. The minimum Gasteiger partial charge on any atom is -0.467 e. The summed E-state index contributed by atoms with van der Waals surface area (Å²) in [7, 11) is 1.22. The quantitative estimate of drug-likeness (QED) is 0.763. The Morgan fingerprint density at radius 1 is 1.50 bits per heavy atom. The summed E-state index contributed by atoms with van der Waals surface area (Å²) < 4.78 is 37.5. The van der Waals surface area contributed by atoms with E-state index in [9.17, 15) is 13.6 Å². The van der Waals surface area contributed by atoms with Crippen molar-refractivity contribution in [2.24, 2.45) is 0 Å². The summed E-state index contributed by atoms with van der Waals surface area (Å²) in [5.41, 5.74) is -0.359. The van der Waals surface area contributed by atoms with Gasteiger partial charge in [-0.05, 0) is 12.1 Å². The van der Waals surface area contributed by atoms with E-state index >= 15 is 0 Å². The van der Waals surface area contributed by atoms with Gasteiger partial charge in [0.15, 0.2) is 17.7 Å². The molecule has 0 bridgehead atoms. The summed E-state index contributed by atoms with van der Waals surface area (Å²) in [4.78, 5) is 12.8. The number of ether oxygens (including phenoxy) is 2. The number of hydrogen-bond acceptors (Lipinski definition) is 5. The molecule has 1 aliphatic heterocycles.